The summed E-state index contributed by atoms with van der Waals surface area (Å²) in [7, 11) is -2.36. The molecule has 0 aliphatic carbocycles. The lowest BCUT2D eigenvalue weighted by atomic mass is 10.0. The molecule has 1 aromatic rings. The summed E-state index contributed by atoms with van der Waals surface area (Å²) in [6.45, 7) is 5.97. The first-order valence-corrected chi connectivity index (χ1v) is 8.08. The standard InChI is InChI=1S/C14H23FN2O2S/c1-10(2)13(16)7-8-17(4)20(18,19)14-9-11(3)5-6-12(14)15/h5-6,9-10,13H,7-8,16H2,1-4H3. The van der Waals surface area contributed by atoms with E-state index < -0.39 is 15.8 Å². The van der Waals surface area contributed by atoms with Crippen molar-refractivity contribution in [2.75, 3.05) is 13.6 Å². The lowest BCUT2D eigenvalue weighted by molar-refractivity contribution is 0.396. The summed E-state index contributed by atoms with van der Waals surface area (Å²) in [4.78, 5) is -0.280. The fourth-order valence-corrected chi connectivity index (χ4v) is 3.09. The van der Waals surface area contributed by atoms with Crippen LogP contribution in [0.1, 0.15) is 25.8 Å². The predicted octanol–water partition coefficient (Wildman–Crippen LogP) is 2.13. The van der Waals surface area contributed by atoms with Gasteiger partial charge in [0.15, 0.2) is 0 Å². The van der Waals surface area contributed by atoms with Crippen LogP contribution >= 0.6 is 0 Å². The third-order valence-electron chi connectivity index (χ3n) is 3.41. The van der Waals surface area contributed by atoms with Crippen LogP contribution in [0, 0.1) is 18.7 Å². The monoisotopic (exact) mass is 302 g/mol. The van der Waals surface area contributed by atoms with Crippen LogP contribution in [0.25, 0.3) is 0 Å². The molecule has 1 unspecified atom stereocenters. The van der Waals surface area contributed by atoms with E-state index in [2.05, 4.69) is 0 Å². The summed E-state index contributed by atoms with van der Waals surface area (Å²) in [6.07, 6.45) is 0.542. The van der Waals surface area contributed by atoms with Crippen molar-refractivity contribution in [3.05, 3.63) is 29.6 Å². The second kappa shape index (κ2) is 6.65. The van der Waals surface area contributed by atoms with Crippen molar-refractivity contribution >= 4 is 10.0 Å². The number of benzene rings is 1. The maximum absolute atomic E-state index is 13.7. The number of rotatable bonds is 6. The Bertz CT molecular complexity index is 558. The summed E-state index contributed by atoms with van der Waals surface area (Å²) in [5.41, 5.74) is 6.61. The summed E-state index contributed by atoms with van der Waals surface area (Å²) in [5.74, 6) is -0.447. The number of hydrogen-bond donors (Lipinski definition) is 1. The molecular weight excluding hydrogens is 279 g/mol. The molecule has 0 saturated carbocycles. The molecule has 0 heterocycles. The number of nitrogens with two attached hydrogens (primary N) is 1. The van der Waals surface area contributed by atoms with E-state index >= 15 is 0 Å². The highest BCUT2D eigenvalue weighted by molar-refractivity contribution is 7.89. The van der Waals surface area contributed by atoms with Gasteiger partial charge in [-0.25, -0.2) is 17.1 Å². The third-order valence-corrected chi connectivity index (χ3v) is 5.28. The van der Waals surface area contributed by atoms with Crippen molar-refractivity contribution in [2.24, 2.45) is 11.7 Å². The highest BCUT2D eigenvalue weighted by Gasteiger charge is 2.25. The highest BCUT2D eigenvalue weighted by Crippen LogP contribution is 2.20. The normalized spacial score (nSPS) is 14.0. The Labute approximate surface area is 120 Å². The van der Waals surface area contributed by atoms with Crippen LogP contribution in [0.4, 0.5) is 4.39 Å². The molecule has 2 N–H and O–H groups in total. The highest BCUT2D eigenvalue weighted by atomic mass is 32.2. The Morgan fingerprint density at radius 1 is 1.35 bits per heavy atom. The lowest BCUT2D eigenvalue weighted by Gasteiger charge is -2.21. The Morgan fingerprint density at radius 3 is 2.50 bits per heavy atom. The number of sulfonamides is 1. The van der Waals surface area contributed by atoms with Gasteiger partial charge in [0.25, 0.3) is 0 Å². The van der Waals surface area contributed by atoms with E-state index in [0.29, 0.717) is 12.0 Å². The fourth-order valence-electron chi connectivity index (χ4n) is 1.76. The first kappa shape index (κ1) is 17.1. The smallest absolute Gasteiger partial charge is 0.245 e. The summed E-state index contributed by atoms with van der Waals surface area (Å²) in [5, 5.41) is 0. The van der Waals surface area contributed by atoms with Gasteiger partial charge in [-0.15, -0.1) is 0 Å². The molecule has 0 aromatic heterocycles. The number of halogens is 1. The summed E-state index contributed by atoms with van der Waals surface area (Å²) in [6, 6.07) is 4.00. The van der Waals surface area contributed by atoms with Crippen LogP contribution < -0.4 is 5.73 Å². The molecule has 20 heavy (non-hydrogen) atoms. The average Bonchev–Trinajstić information content (AvgIpc) is 2.37. The van der Waals surface area contributed by atoms with Crippen LogP contribution in [0.3, 0.4) is 0 Å². The lowest BCUT2D eigenvalue weighted by Crippen LogP contribution is -2.35. The van der Waals surface area contributed by atoms with Gasteiger partial charge in [0.05, 0.1) is 0 Å². The SMILES string of the molecule is Cc1ccc(F)c(S(=O)(=O)N(C)CCC(N)C(C)C)c1. The minimum atomic E-state index is -3.81. The molecule has 0 amide bonds. The zero-order chi connectivity index (χ0) is 15.5. The van der Waals surface area contributed by atoms with Gasteiger partial charge in [-0.3, -0.25) is 0 Å². The van der Waals surface area contributed by atoms with Crippen molar-refractivity contribution in [3.63, 3.8) is 0 Å². The van der Waals surface area contributed by atoms with Crippen LogP contribution in [0.2, 0.25) is 0 Å². The molecule has 0 bridgehead atoms. The zero-order valence-electron chi connectivity index (χ0n) is 12.4. The number of nitrogens with zero attached hydrogens (tertiary/aromatic N) is 1. The van der Waals surface area contributed by atoms with Crippen molar-refractivity contribution in [2.45, 2.75) is 38.1 Å². The van der Waals surface area contributed by atoms with Gasteiger partial charge >= 0.3 is 0 Å². The number of aryl methyl sites for hydroxylation is 1. The van der Waals surface area contributed by atoms with Crippen LogP contribution in [0.15, 0.2) is 23.1 Å². The van der Waals surface area contributed by atoms with Gasteiger partial charge in [-0.1, -0.05) is 19.9 Å². The van der Waals surface area contributed by atoms with Gasteiger partial charge in [0.1, 0.15) is 10.7 Å². The first-order chi connectivity index (χ1) is 9.16. The molecule has 6 heteroatoms. The molecule has 4 nitrogen and oxygen atoms in total. The van der Waals surface area contributed by atoms with Crippen molar-refractivity contribution in [1.82, 2.24) is 4.31 Å². The molecule has 0 aliphatic heterocycles. The maximum atomic E-state index is 13.7. The summed E-state index contributed by atoms with van der Waals surface area (Å²) >= 11 is 0. The van der Waals surface area contributed by atoms with Gasteiger partial charge < -0.3 is 5.73 Å². The van der Waals surface area contributed by atoms with Crippen LogP contribution in [-0.2, 0) is 10.0 Å². The molecular formula is C14H23FN2O2S. The average molecular weight is 302 g/mol. The minimum absolute atomic E-state index is 0.0741. The van der Waals surface area contributed by atoms with E-state index in [0.717, 1.165) is 4.31 Å². The Hall–Kier alpha value is -0.980. The van der Waals surface area contributed by atoms with E-state index in [1.165, 1.54) is 19.2 Å². The van der Waals surface area contributed by atoms with Crippen molar-refractivity contribution < 1.29 is 12.8 Å². The van der Waals surface area contributed by atoms with E-state index in [1.54, 1.807) is 13.0 Å². The quantitative estimate of drug-likeness (QED) is 0.875. The molecule has 0 fully saturated rings. The minimum Gasteiger partial charge on any atom is -0.327 e. The third kappa shape index (κ3) is 4.01. The second-order valence-corrected chi connectivity index (χ2v) is 7.47. The first-order valence-electron chi connectivity index (χ1n) is 6.64. The molecule has 1 aromatic carbocycles. The van der Waals surface area contributed by atoms with Crippen LogP contribution in [-0.4, -0.2) is 32.4 Å². The Kier molecular flexibility index (Phi) is 5.68. The van der Waals surface area contributed by atoms with Gasteiger partial charge in [0.2, 0.25) is 10.0 Å². The molecule has 1 rings (SSSR count). The molecule has 0 saturated heterocycles. The van der Waals surface area contributed by atoms with Crippen LogP contribution in [0.5, 0.6) is 0 Å². The molecule has 0 aliphatic rings. The molecule has 0 spiro atoms. The topological polar surface area (TPSA) is 63.4 Å². The molecule has 1 atom stereocenters. The number of hydrogen-bond acceptors (Lipinski definition) is 3. The predicted molar refractivity (Wildman–Crippen MR) is 78.4 cm³/mol. The van der Waals surface area contributed by atoms with E-state index in [9.17, 15) is 12.8 Å². The van der Waals surface area contributed by atoms with E-state index in [-0.39, 0.29) is 23.4 Å². The Morgan fingerprint density at radius 2 is 1.95 bits per heavy atom. The van der Waals surface area contributed by atoms with Gasteiger partial charge in [-0.2, -0.15) is 0 Å². The molecule has 114 valence electrons. The molecule has 0 radical (unpaired) electrons. The maximum Gasteiger partial charge on any atom is 0.245 e. The van der Waals surface area contributed by atoms with E-state index in [1.807, 2.05) is 13.8 Å². The van der Waals surface area contributed by atoms with Gasteiger partial charge in [-0.05, 0) is 37.0 Å². The second-order valence-electron chi connectivity index (χ2n) is 5.46. The summed E-state index contributed by atoms with van der Waals surface area (Å²) < 4.78 is 39.5. The largest absolute Gasteiger partial charge is 0.327 e. The zero-order valence-corrected chi connectivity index (χ0v) is 13.2. The van der Waals surface area contributed by atoms with Crippen molar-refractivity contribution in [3.8, 4) is 0 Å². The Balaban J connectivity index is 2.90. The van der Waals surface area contributed by atoms with Crippen molar-refractivity contribution in [1.29, 1.82) is 0 Å². The van der Waals surface area contributed by atoms with E-state index in [4.69, 9.17) is 5.73 Å². The van der Waals surface area contributed by atoms with Gasteiger partial charge in [0, 0.05) is 19.6 Å². The fraction of sp³-hybridized carbons (Fsp3) is 0.571.